The number of hydrogen-bond acceptors (Lipinski definition) is 1. The second-order valence-electron chi connectivity index (χ2n) is 2.58. The summed E-state index contributed by atoms with van der Waals surface area (Å²) in [7, 11) is 1.81. The molecule has 1 aromatic carbocycles. The Balaban J connectivity index is 0.000000671. The lowest BCUT2D eigenvalue weighted by atomic mass is 10.1. The van der Waals surface area contributed by atoms with E-state index in [0.717, 1.165) is 5.56 Å². The van der Waals surface area contributed by atoms with Gasteiger partial charge >= 0.3 is 0 Å². The zero-order valence-corrected chi connectivity index (χ0v) is 8.82. The molecule has 0 radical (unpaired) electrons. The Hall–Kier alpha value is -0.890. The van der Waals surface area contributed by atoms with Crippen molar-refractivity contribution in [1.29, 1.82) is 0 Å². The molecule has 0 fully saturated rings. The zero-order chi connectivity index (χ0) is 10.3. The van der Waals surface area contributed by atoms with Gasteiger partial charge in [-0.2, -0.15) is 0 Å². The fourth-order valence-corrected chi connectivity index (χ4v) is 1.04. The topological polar surface area (TPSA) is 12.0 Å². The van der Waals surface area contributed by atoms with Gasteiger partial charge in [-0.3, -0.25) is 0 Å². The number of rotatable bonds is 2. The molecule has 0 bridgehead atoms. The summed E-state index contributed by atoms with van der Waals surface area (Å²) in [6.07, 6.45) is 0. The maximum Gasteiger partial charge on any atom is 0.130 e. The molecule has 1 N–H and O–H groups in total. The monoisotopic (exact) mass is 183 g/mol. The van der Waals surface area contributed by atoms with Crippen molar-refractivity contribution in [3.8, 4) is 0 Å². The molecule has 0 unspecified atom stereocenters. The molecule has 0 saturated carbocycles. The largest absolute Gasteiger partial charge is 0.316 e. The van der Waals surface area contributed by atoms with Gasteiger partial charge in [0.1, 0.15) is 5.82 Å². The summed E-state index contributed by atoms with van der Waals surface area (Å²) in [5.74, 6) is -0.0955. The first-order valence-corrected chi connectivity index (χ1v) is 4.64. The van der Waals surface area contributed by atoms with Crippen LogP contribution >= 0.6 is 0 Å². The first kappa shape index (κ1) is 12.1. The molecule has 0 aliphatic carbocycles. The van der Waals surface area contributed by atoms with Gasteiger partial charge in [0.25, 0.3) is 0 Å². The van der Waals surface area contributed by atoms with Crippen molar-refractivity contribution in [2.24, 2.45) is 0 Å². The fraction of sp³-hybridized carbons (Fsp3) is 0.455. The van der Waals surface area contributed by atoms with E-state index in [0.29, 0.717) is 12.1 Å². The molecule has 1 rings (SSSR count). The van der Waals surface area contributed by atoms with E-state index in [1.54, 1.807) is 19.1 Å². The van der Waals surface area contributed by atoms with Crippen molar-refractivity contribution in [3.63, 3.8) is 0 Å². The SMILES string of the molecule is CC.CNCc1cccc(C)c1F. The van der Waals surface area contributed by atoms with Gasteiger partial charge in [0.15, 0.2) is 0 Å². The highest BCUT2D eigenvalue weighted by atomic mass is 19.1. The number of hydrogen-bond donors (Lipinski definition) is 1. The van der Waals surface area contributed by atoms with Gasteiger partial charge in [-0.15, -0.1) is 0 Å². The predicted octanol–water partition coefficient (Wildman–Crippen LogP) is 2.88. The summed E-state index contributed by atoms with van der Waals surface area (Å²) in [4.78, 5) is 0. The molecule has 0 heterocycles. The fourth-order valence-electron chi connectivity index (χ4n) is 1.04. The average molecular weight is 183 g/mol. The van der Waals surface area contributed by atoms with Crippen LogP contribution in [0, 0.1) is 12.7 Å². The Morgan fingerprint density at radius 2 is 1.92 bits per heavy atom. The smallest absolute Gasteiger partial charge is 0.130 e. The van der Waals surface area contributed by atoms with E-state index >= 15 is 0 Å². The summed E-state index contributed by atoms with van der Waals surface area (Å²) < 4.78 is 13.1. The Kier molecular flexibility index (Phi) is 6.15. The zero-order valence-electron chi connectivity index (χ0n) is 8.82. The Morgan fingerprint density at radius 1 is 1.31 bits per heavy atom. The standard InChI is InChI=1S/C9H12FN.C2H6/c1-7-4-3-5-8(6-11-2)9(7)10;1-2/h3-5,11H,6H2,1-2H3;1-2H3. The second-order valence-corrected chi connectivity index (χ2v) is 2.58. The molecular weight excluding hydrogens is 165 g/mol. The highest BCUT2D eigenvalue weighted by Gasteiger charge is 2.01. The minimum atomic E-state index is -0.0955. The van der Waals surface area contributed by atoms with Crippen LogP contribution in [0.25, 0.3) is 0 Å². The van der Waals surface area contributed by atoms with Crippen molar-refractivity contribution in [2.75, 3.05) is 7.05 Å². The van der Waals surface area contributed by atoms with E-state index in [4.69, 9.17) is 0 Å². The highest BCUT2D eigenvalue weighted by molar-refractivity contribution is 5.24. The number of aryl methyl sites for hydroxylation is 1. The predicted molar refractivity (Wildman–Crippen MR) is 55.2 cm³/mol. The molecule has 74 valence electrons. The van der Waals surface area contributed by atoms with Gasteiger partial charge in [-0.1, -0.05) is 32.0 Å². The van der Waals surface area contributed by atoms with Crippen LogP contribution in [0.3, 0.4) is 0 Å². The molecule has 0 aromatic heterocycles. The molecule has 1 aromatic rings. The minimum Gasteiger partial charge on any atom is -0.316 e. The Bertz CT molecular complexity index is 246. The van der Waals surface area contributed by atoms with Crippen LogP contribution < -0.4 is 5.32 Å². The van der Waals surface area contributed by atoms with E-state index < -0.39 is 0 Å². The van der Waals surface area contributed by atoms with Gasteiger partial charge in [-0.05, 0) is 19.5 Å². The van der Waals surface area contributed by atoms with Crippen LogP contribution in [-0.4, -0.2) is 7.05 Å². The molecule has 0 atom stereocenters. The molecule has 0 aliphatic rings. The average Bonchev–Trinajstić information content (AvgIpc) is 2.17. The van der Waals surface area contributed by atoms with Crippen LogP contribution in [-0.2, 0) is 6.54 Å². The van der Waals surface area contributed by atoms with E-state index in [9.17, 15) is 4.39 Å². The first-order valence-electron chi connectivity index (χ1n) is 4.64. The van der Waals surface area contributed by atoms with E-state index in [1.807, 2.05) is 27.0 Å². The highest BCUT2D eigenvalue weighted by Crippen LogP contribution is 2.10. The van der Waals surface area contributed by atoms with Crippen molar-refractivity contribution in [2.45, 2.75) is 27.3 Å². The Morgan fingerprint density at radius 3 is 2.46 bits per heavy atom. The van der Waals surface area contributed by atoms with Crippen molar-refractivity contribution in [1.82, 2.24) is 5.32 Å². The van der Waals surface area contributed by atoms with Gasteiger partial charge in [0.05, 0.1) is 0 Å². The van der Waals surface area contributed by atoms with Gasteiger partial charge < -0.3 is 5.32 Å². The van der Waals surface area contributed by atoms with E-state index in [-0.39, 0.29) is 5.82 Å². The van der Waals surface area contributed by atoms with Gasteiger partial charge in [0, 0.05) is 12.1 Å². The quantitative estimate of drug-likeness (QED) is 0.743. The number of benzene rings is 1. The molecule has 13 heavy (non-hydrogen) atoms. The maximum absolute atomic E-state index is 13.1. The molecule has 0 amide bonds. The Labute approximate surface area is 80.0 Å². The maximum atomic E-state index is 13.1. The molecular formula is C11H18FN. The molecule has 0 aliphatic heterocycles. The molecule has 0 saturated heterocycles. The normalized spacial score (nSPS) is 9.00. The van der Waals surface area contributed by atoms with Crippen LogP contribution in [0.2, 0.25) is 0 Å². The van der Waals surface area contributed by atoms with Crippen LogP contribution in [0.4, 0.5) is 4.39 Å². The summed E-state index contributed by atoms with van der Waals surface area (Å²) in [6.45, 7) is 6.36. The van der Waals surface area contributed by atoms with Crippen molar-refractivity contribution in [3.05, 3.63) is 35.1 Å². The van der Waals surface area contributed by atoms with Crippen LogP contribution in [0.5, 0.6) is 0 Å². The lowest BCUT2D eigenvalue weighted by molar-refractivity contribution is 0.592. The third-order valence-electron chi connectivity index (χ3n) is 1.64. The lowest BCUT2D eigenvalue weighted by Gasteiger charge is -2.03. The van der Waals surface area contributed by atoms with Crippen LogP contribution in [0.15, 0.2) is 18.2 Å². The van der Waals surface area contributed by atoms with E-state index in [2.05, 4.69) is 5.32 Å². The second kappa shape index (κ2) is 6.61. The lowest BCUT2D eigenvalue weighted by Crippen LogP contribution is -2.07. The van der Waals surface area contributed by atoms with Crippen molar-refractivity contribution < 1.29 is 4.39 Å². The third kappa shape index (κ3) is 3.55. The summed E-state index contributed by atoms with van der Waals surface area (Å²) in [6, 6.07) is 5.43. The number of nitrogens with one attached hydrogen (secondary N) is 1. The molecule has 0 spiro atoms. The summed E-state index contributed by atoms with van der Waals surface area (Å²) >= 11 is 0. The number of halogens is 1. The molecule has 1 nitrogen and oxygen atoms in total. The van der Waals surface area contributed by atoms with Crippen LogP contribution in [0.1, 0.15) is 25.0 Å². The summed E-state index contributed by atoms with van der Waals surface area (Å²) in [5, 5.41) is 2.91. The van der Waals surface area contributed by atoms with Gasteiger partial charge in [0.2, 0.25) is 0 Å². The first-order chi connectivity index (χ1) is 6.25. The minimum absolute atomic E-state index is 0.0955. The van der Waals surface area contributed by atoms with Gasteiger partial charge in [-0.25, -0.2) is 4.39 Å². The van der Waals surface area contributed by atoms with E-state index in [1.165, 1.54) is 0 Å². The molecule has 2 heteroatoms. The third-order valence-corrected chi connectivity index (χ3v) is 1.64. The van der Waals surface area contributed by atoms with Crippen molar-refractivity contribution >= 4 is 0 Å². The summed E-state index contributed by atoms with van der Waals surface area (Å²) in [5.41, 5.74) is 1.44.